The van der Waals surface area contributed by atoms with Gasteiger partial charge >= 0.3 is 0 Å². The van der Waals surface area contributed by atoms with Crippen LogP contribution >= 0.6 is 11.6 Å². The molecule has 7 heteroatoms. The molecule has 6 nitrogen and oxygen atoms in total. The molecular weight excluding hydrogens is 244 g/mol. The van der Waals surface area contributed by atoms with Crippen LogP contribution in [0.4, 0.5) is 5.69 Å². The fourth-order valence-corrected chi connectivity index (χ4v) is 1.54. The van der Waals surface area contributed by atoms with Crippen molar-refractivity contribution in [2.75, 3.05) is 18.4 Å². The van der Waals surface area contributed by atoms with Gasteiger partial charge in [0.25, 0.3) is 0 Å². The predicted molar refractivity (Wildman–Crippen MR) is 62.7 cm³/mol. The highest BCUT2D eigenvalue weighted by atomic mass is 35.5. The summed E-state index contributed by atoms with van der Waals surface area (Å²) in [5.41, 5.74) is 0.568. The Hall–Kier alpha value is -1.66. The van der Waals surface area contributed by atoms with Gasteiger partial charge in [0.1, 0.15) is 11.2 Å². The molecule has 1 unspecified atom stereocenters. The van der Waals surface area contributed by atoms with Crippen molar-refractivity contribution in [2.24, 2.45) is 0 Å². The molecular formula is C10H11ClN4O2. The molecule has 2 amide bonds. The number of amides is 2. The molecule has 1 atom stereocenters. The SMILES string of the molecule is O=C1CNC(C(=O)Nc2ccc(Cl)nc2)CN1. The van der Waals surface area contributed by atoms with Gasteiger partial charge in [-0.15, -0.1) is 0 Å². The first kappa shape index (κ1) is 11.8. The molecule has 1 saturated heterocycles. The van der Waals surface area contributed by atoms with E-state index in [4.69, 9.17) is 11.6 Å². The predicted octanol–water partition coefficient (Wildman–Crippen LogP) is -0.239. The van der Waals surface area contributed by atoms with Crippen molar-refractivity contribution in [3.8, 4) is 0 Å². The average molecular weight is 255 g/mol. The third-order valence-corrected chi connectivity index (χ3v) is 2.55. The summed E-state index contributed by atoms with van der Waals surface area (Å²) < 4.78 is 0. The van der Waals surface area contributed by atoms with Crippen molar-refractivity contribution >= 4 is 29.1 Å². The fraction of sp³-hybridized carbons (Fsp3) is 0.300. The second-order valence-electron chi connectivity index (χ2n) is 3.60. The molecule has 0 spiro atoms. The van der Waals surface area contributed by atoms with E-state index in [9.17, 15) is 9.59 Å². The molecule has 0 aliphatic carbocycles. The Morgan fingerprint density at radius 2 is 2.35 bits per heavy atom. The minimum atomic E-state index is -0.427. The van der Waals surface area contributed by atoms with E-state index < -0.39 is 6.04 Å². The van der Waals surface area contributed by atoms with Gasteiger partial charge in [-0.05, 0) is 12.1 Å². The number of piperazine rings is 1. The minimum Gasteiger partial charge on any atom is -0.353 e. The summed E-state index contributed by atoms with van der Waals surface area (Å²) in [6.07, 6.45) is 1.47. The molecule has 90 valence electrons. The maximum atomic E-state index is 11.8. The zero-order valence-electron chi connectivity index (χ0n) is 8.87. The molecule has 0 bridgehead atoms. The van der Waals surface area contributed by atoms with Crippen LogP contribution in [0.15, 0.2) is 18.3 Å². The van der Waals surface area contributed by atoms with Crippen molar-refractivity contribution in [3.05, 3.63) is 23.5 Å². The van der Waals surface area contributed by atoms with Gasteiger partial charge in [0.2, 0.25) is 11.8 Å². The Labute approximate surface area is 103 Å². The number of hydrogen-bond acceptors (Lipinski definition) is 4. The Morgan fingerprint density at radius 3 is 2.94 bits per heavy atom. The van der Waals surface area contributed by atoms with Crippen molar-refractivity contribution < 1.29 is 9.59 Å². The maximum Gasteiger partial charge on any atom is 0.243 e. The summed E-state index contributed by atoms with van der Waals surface area (Å²) in [5, 5.41) is 8.49. The summed E-state index contributed by atoms with van der Waals surface area (Å²) >= 11 is 5.63. The van der Waals surface area contributed by atoms with E-state index in [1.807, 2.05) is 0 Å². The van der Waals surface area contributed by atoms with Crippen LogP contribution in [0, 0.1) is 0 Å². The third kappa shape index (κ3) is 3.15. The normalized spacial score (nSPS) is 19.6. The van der Waals surface area contributed by atoms with E-state index in [-0.39, 0.29) is 24.9 Å². The lowest BCUT2D eigenvalue weighted by molar-refractivity contribution is -0.124. The molecule has 3 N–H and O–H groups in total. The number of pyridine rings is 1. The molecule has 0 saturated carbocycles. The summed E-state index contributed by atoms with van der Waals surface area (Å²) in [6, 6.07) is 2.82. The van der Waals surface area contributed by atoms with Gasteiger partial charge < -0.3 is 10.6 Å². The van der Waals surface area contributed by atoms with E-state index in [1.54, 1.807) is 12.1 Å². The van der Waals surface area contributed by atoms with E-state index in [1.165, 1.54) is 6.20 Å². The molecule has 1 aliphatic rings. The van der Waals surface area contributed by atoms with Crippen molar-refractivity contribution in [2.45, 2.75) is 6.04 Å². The van der Waals surface area contributed by atoms with Crippen LogP contribution in [-0.4, -0.2) is 35.9 Å². The molecule has 17 heavy (non-hydrogen) atoms. The second kappa shape index (κ2) is 5.11. The Bertz CT molecular complexity index is 424. The molecule has 2 heterocycles. The quantitative estimate of drug-likeness (QED) is 0.636. The van der Waals surface area contributed by atoms with E-state index >= 15 is 0 Å². The molecule has 0 radical (unpaired) electrons. The highest BCUT2D eigenvalue weighted by Gasteiger charge is 2.23. The highest BCUT2D eigenvalue weighted by molar-refractivity contribution is 6.29. The number of hydrogen-bond donors (Lipinski definition) is 3. The first-order chi connectivity index (χ1) is 8.15. The Balaban J connectivity index is 1.92. The van der Waals surface area contributed by atoms with E-state index in [0.29, 0.717) is 10.8 Å². The lowest BCUT2D eigenvalue weighted by atomic mass is 10.2. The van der Waals surface area contributed by atoms with Crippen molar-refractivity contribution in [1.29, 1.82) is 0 Å². The smallest absolute Gasteiger partial charge is 0.243 e. The molecule has 0 aromatic carbocycles. The summed E-state index contributed by atoms with van der Waals surface area (Å²) in [7, 11) is 0. The second-order valence-corrected chi connectivity index (χ2v) is 3.98. The number of nitrogens with zero attached hydrogens (tertiary/aromatic N) is 1. The van der Waals surface area contributed by atoms with Crippen LogP contribution in [0.5, 0.6) is 0 Å². The van der Waals surface area contributed by atoms with E-state index in [2.05, 4.69) is 20.9 Å². The summed E-state index contributed by atoms with van der Waals surface area (Å²) in [5.74, 6) is -0.323. The number of rotatable bonds is 2. The zero-order valence-corrected chi connectivity index (χ0v) is 9.62. The number of halogens is 1. The number of aromatic nitrogens is 1. The van der Waals surface area contributed by atoms with Gasteiger partial charge in [0, 0.05) is 6.54 Å². The van der Waals surface area contributed by atoms with Gasteiger partial charge in [-0.2, -0.15) is 0 Å². The van der Waals surface area contributed by atoms with Crippen LogP contribution in [-0.2, 0) is 9.59 Å². The molecule has 1 aromatic heterocycles. The molecule has 2 rings (SSSR count). The third-order valence-electron chi connectivity index (χ3n) is 2.32. The minimum absolute atomic E-state index is 0.109. The number of carbonyl (C=O) groups excluding carboxylic acids is 2. The summed E-state index contributed by atoms with van der Waals surface area (Å²) in [4.78, 5) is 26.5. The fourth-order valence-electron chi connectivity index (χ4n) is 1.43. The van der Waals surface area contributed by atoms with Crippen molar-refractivity contribution in [3.63, 3.8) is 0 Å². The monoisotopic (exact) mass is 254 g/mol. The molecule has 1 aliphatic heterocycles. The van der Waals surface area contributed by atoms with Gasteiger partial charge in [0.05, 0.1) is 18.4 Å². The molecule has 1 aromatic rings. The van der Waals surface area contributed by atoms with Crippen LogP contribution < -0.4 is 16.0 Å². The van der Waals surface area contributed by atoms with Crippen LogP contribution in [0.25, 0.3) is 0 Å². The van der Waals surface area contributed by atoms with Gasteiger partial charge in [-0.25, -0.2) is 4.98 Å². The largest absolute Gasteiger partial charge is 0.353 e. The average Bonchev–Trinajstić information content (AvgIpc) is 2.33. The lowest BCUT2D eigenvalue weighted by Crippen LogP contribution is -2.56. The maximum absolute atomic E-state index is 11.8. The number of anilines is 1. The van der Waals surface area contributed by atoms with Gasteiger partial charge in [0.15, 0.2) is 0 Å². The van der Waals surface area contributed by atoms with Gasteiger partial charge in [-0.1, -0.05) is 11.6 Å². The number of nitrogens with one attached hydrogen (secondary N) is 3. The van der Waals surface area contributed by atoms with E-state index in [0.717, 1.165) is 0 Å². The first-order valence-corrected chi connectivity index (χ1v) is 5.45. The summed E-state index contributed by atoms with van der Waals surface area (Å²) in [6.45, 7) is 0.433. The van der Waals surface area contributed by atoms with Crippen LogP contribution in [0.3, 0.4) is 0 Å². The van der Waals surface area contributed by atoms with Crippen molar-refractivity contribution in [1.82, 2.24) is 15.6 Å². The number of carbonyl (C=O) groups is 2. The zero-order chi connectivity index (χ0) is 12.3. The van der Waals surface area contributed by atoms with Crippen LogP contribution in [0.2, 0.25) is 5.15 Å². The van der Waals surface area contributed by atoms with Crippen LogP contribution in [0.1, 0.15) is 0 Å². The molecule has 1 fully saturated rings. The lowest BCUT2D eigenvalue weighted by Gasteiger charge is -2.23. The topological polar surface area (TPSA) is 83.1 Å². The highest BCUT2D eigenvalue weighted by Crippen LogP contribution is 2.09. The first-order valence-electron chi connectivity index (χ1n) is 5.07. The standard InChI is InChI=1S/C10H11ClN4O2/c11-8-2-1-6(3-13-8)15-10(17)7-4-14-9(16)5-12-7/h1-3,7,12H,4-5H2,(H,14,16)(H,15,17). The Kier molecular flexibility index (Phi) is 3.55. The van der Waals surface area contributed by atoms with Gasteiger partial charge in [-0.3, -0.25) is 14.9 Å². The Morgan fingerprint density at radius 1 is 1.53 bits per heavy atom.